The molecule has 4 fully saturated rings. The van der Waals surface area contributed by atoms with E-state index < -0.39 is 8.07 Å². The first-order valence-electron chi connectivity index (χ1n) is 21.9. The van der Waals surface area contributed by atoms with Crippen LogP contribution in [0.3, 0.4) is 0 Å². The SMILES string of the molecule is C[Si]1(C)c2ccccc2-c2cc3c(c(-c4cccc(-c5cccc(-c6nc7ccccc7nc6-c6ccccc6)c5)c4)c21)C1(c2ccccc2-3)C2CC3CC(C2)CC1C3. The Hall–Kier alpha value is -5.90. The number of hydrogen-bond acceptors (Lipinski definition) is 2. The number of aromatic nitrogens is 2. The average molecular weight is 775 g/mol. The Labute approximate surface area is 348 Å². The molecule has 59 heavy (non-hydrogen) atoms. The minimum atomic E-state index is -2.10. The third kappa shape index (κ3) is 4.68. The molecule has 0 atom stereocenters. The quantitative estimate of drug-likeness (QED) is 0.166. The van der Waals surface area contributed by atoms with Crippen molar-refractivity contribution in [2.75, 3.05) is 0 Å². The van der Waals surface area contributed by atoms with Crippen molar-refractivity contribution >= 4 is 29.5 Å². The number of nitrogens with zero attached hydrogens (tertiary/aromatic N) is 2. The van der Waals surface area contributed by atoms with Crippen molar-refractivity contribution in [3.8, 4) is 67.0 Å². The minimum Gasteiger partial charge on any atom is -0.244 e. The zero-order valence-electron chi connectivity index (χ0n) is 33.8. The summed E-state index contributed by atoms with van der Waals surface area (Å²) in [6.07, 6.45) is 6.99. The molecule has 284 valence electrons. The van der Waals surface area contributed by atoms with Crippen LogP contribution in [-0.4, -0.2) is 18.0 Å². The van der Waals surface area contributed by atoms with Crippen LogP contribution in [-0.2, 0) is 5.41 Å². The van der Waals surface area contributed by atoms with Gasteiger partial charge in [0.05, 0.1) is 22.4 Å². The molecule has 0 unspecified atom stereocenters. The largest absolute Gasteiger partial charge is 0.244 e. The van der Waals surface area contributed by atoms with Gasteiger partial charge in [0, 0.05) is 16.5 Å². The van der Waals surface area contributed by atoms with Gasteiger partial charge >= 0.3 is 0 Å². The van der Waals surface area contributed by atoms with Gasteiger partial charge in [-0.05, 0) is 152 Å². The van der Waals surface area contributed by atoms with E-state index >= 15 is 0 Å². The molecule has 1 spiro atoms. The third-order valence-electron chi connectivity index (χ3n) is 15.6. The van der Waals surface area contributed by atoms with Crippen molar-refractivity contribution in [1.29, 1.82) is 0 Å². The first kappa shape index (κ1) is 34.0. The molecule has 1 aliphatic heterocycles. The van der Waals surface area contributed by atoms with Crippen molar-refractivity contribution < 1.29 is 0 Å². The predicted molar refractivity (Wildman–Crippen MR) is 247 cm³/mol. The van der Waals surface area contributed by atoms with E-state index in [1.807, 2.05) is 6.07 Å². The molecule has 14 rings (SSSR count). The lowest BCUT2D eigenvalue weighted by Crippen LogP contribution is -2.56. The molecule has 4 bridgehead atoms. The first-order chi connectivity index (χ1) is 29.0. The lowest BCUT2D eigenvalue weighted by molar-refractivity contribution is -0.0397. The second-order valence-electron chi connectivity index (χ2n) is 18.9. The van der Waals surface area contributed by atoms with E-state index in [0.29, 0.717) is 11.8 Å². The van der Waals surface area contributed by atoms with Crippen LogP contribution in [0.5, 0.6) is 0 Å². The first-order valence-corrected chi connectivity index (χ1v) is 24.9. The van der Waals surface area contributed by atoms with Crippen molar-refractivity contribution in [1.82, 2.24) is 9.97 Å². The van der Waals surface area contributed by atoms with Crippen LogP contribution < -0.4 is 10.4 Å². The van der Waals surface area contributed by atoms with Crippen LogP contribution in [0.1, 0.15) is 43.2 Å². The fourth-order valence-corrected chi connectivity index (χ4v) is 17.0. The maximum atomic E-state index is 5.28. The summed E-state index contributed by atoms with van der Waals surface area (Å²) >= 11 is 0. The van der Waals surface area contributed by atoms with Crippen LogP contribution >= 0.6 is 0 Å². The second-order valence-corrected chi connectivity index (χ2v) is 23.2. The number of hydrogen-bond donors (Lipinski definition) is 0. The van der Waals surface area contributed by atoms with Gasteiger partial charge in [-0.1, -0.05) is 140 Å². The number of para-hydroxylation sites is 2. The van der Waals surface area contributed by atoms with E-state index in [0.717, 1.165) is 45.4 Å². The van der Waals surface area contributed by atoms with Gasteiger partial charge in [-0.15, -0.1) is 0 Å². The molecule has 8 aromatic rings. The highest BCUT2D eigenvalue weighted by atomic mass is 28.3. The Kier molecular flexibility index (Phi) is 7.10. The normalized spacial score (nSPS) is 23.6. The van der Waals surface area contributed by atoms with Crippen LogP contribution in [0.15, 0.2) is 158 Å². The molecule has 5 aliphatic carbocycles. The van der Waals surface area contributed by atoms with Gasteiger partial charge in [-0.3, -0.25) is 0 Å². The average Bonchev–Trinajstić information content (AvgIpc) is 3.70. The van der Waals surface area contributed by atoms with E-state index in [1.54, 1.807) is 27.1 Å². The molecule has 0 N–H and O–H groups in total. The zero-order valence-corrected chi connectivity index (χ0v) is 34.8. The summed E-state index contributed by atoms with van der Waals surface area (Å²) in [7, 11) is -2.10. The van der Waals surface area contributed by atoms with Crippen LogP contribution in [0.2, 0.25) is 13.1 Å². The molecule has 0 radical (unpaired) electrons. The molecule has 0 amide bonds. The zero-order chi connectivity index (χ0) is 39.0. The second kappa shape index (κ2) is 12.3. The van der Waals surface area contributed by atoms with Crippen molar-refractivity contribution in [2.45, 2.75) is 50.6 Å². The maximum Gasteiger partial charge on any atom is 0.114 e. The van der Waals surface area contributed by atoms with E-state index in [4.69, 9.17) is 9.97 Å². The van der Waals surface area contributed by atoms with Gasteiger partial charge in [-0.25, -0.2) is 9.97 Å². The van der Waals surface area contributed by atoms with Crippen molar-refractivity contribution in [3.63, 3.8) is 0 Å². The molecule has 6 aliphatic rings. The Morgan fingerprint density at radius 2 is 1.00 bits per heavy atom. The van der Waals surface area contributed by atoms with Crippen molar-refractivity contribution in [2.24, 2.45) is 23.7 Å². The topological polar surface area (TPSA) is 25.8 Å². The van der Waals surface area contributed by atoms with Crippen LogP contribution in [0.4, 0.5) is 0 Å². The van der Waals surface area contributed by atoms with Gasteiger partial charge in [0.2, 0.25) is 0 Å². The molecule has 4 saturated carbocycles. The van der Waals surface area contributed by atoms with Gasteiger partial charge in [0.25, 0.3) is 0 Å². The van der Waals surface area contributed by atoms with E-state index in [-0.39, 0.29) is 5.41 Å². The molecular weight excluding hydrogens is 729 g/mol. The highest BCUT2D eigenvalue weighted by molar-refractivity contribution is 7.04. The molecule has 0 saturated heterocycles. The van der Waals surface area contributed by atoms with E-state index in [2.05, 4.69) is 165 Å². The summed E-state index contributed by atoms with van der Waals surface area (Å²) in [6.45, 7) is 5.25. The van der Waals surface area contributed by atoms with E-state index in [1.165, 1.54) is 71.0 Å². The van der Waals surface area contributed by atoms with Gasteiger partial charge < -0.3 is 0 Å². The Bertz CT molecular complexity index is 3020. The van der Waals surface area contributed by atoms with Gasteiger partial charge in [0.15, 0.2) is 0 Å². The molecule has 3 heteroatoms. The highest BCUT2D eigenvalue weighted by Crippen LogP contribution is 2.70. The lowest BCUT2D eigenvalue weighted by atomic mass is 9.42. The number of rotatable bonds is 4. The Morgan fingerprint density at radius 1 is 0.458 bits per heavy atom. The minimum absolute atomic E-state index is 0.0709. The standard InChI is InChI=1S/C56H46N2Si/c1-59(2)50-25-11-7-21-44(50)46-33-45-43-20-6-8-22-47(43)56(41-27-34-26-35(29-41)30-42(56)28-34)52(45)51(55(46)59)39-18-12-16-37(31-39)38-17-13-19-40(32-38)54-53(36-14-4-3-5-15-36)57-48-23-9-10-24-49(48)58-54/h3-25,31-35,41-42H,26-30H2,1-2H3. The van der Waals surface area contributed by atoms with Gasteiger partial charge in [-0.2, -0.15) is 0 Å². The fourth-order valence-electron chi connectivity index (χ4n) is 13.6. The fraction of sp³-hybridized carbons (Fsp3) is 0.214. The summed E-state index contributed by atoms with van der Waals surface area (Å²) in [5.74, 6) is 3.21. The summed E-state index contributed by atoms with van der Waals surface area (Å²) in [4.78, 5) is 10.5. The molecule has 7 aromatic carbocycles. The molecule has 1 aromatic heterocycles. The highest BCUT2D eigenvalue weighted by Gasteiger charge is 2.63. The van der Waals surface area contributed by atoms with Gasteiger partial charge in [0.1, 0.15) is 8.07 Å². The third-order valence-corrected chi connectivity index (χ3v) is 19.1. The lowest BCUT2D eigenvalue weighted by Gasteiger charge is -2.61. The Morgan fingerprint density at radius 3 is 1.71 bits per heavy atom. The molecule has 2 heterocycles. The monoisotopic (exact) mass is 774 g/mol. The summed E-state index contributed by atoms with van der Waals surface area (Å²) < 4.78 is 0. The summed E-state index contributed by atoms with van der Waals surface area (Å²) in [5, 5.41) is 3.24. The van der Waals surface area contributed by atoms with Crippen LogP contribution in [0, 0.1) is 23.7 Å². The summed E-state index contributed by atoms with van der Waals surface area (Å²) in [5.41, 5.74) is 20.6. The maximum absolute atomic E-state index is 5.28. The van der Waals surface area contributed by atoms with Crippen LogP contribution in [0.25, 0.3) is 78.1 Å². The smallest absolute Gasteiger partial charge is 0.114 e. The Balaban J connectivity index is 1.04. The van der Waals surface area contributed by atoms with Crippen molar-refractivity contribution in [3.05, 3.63) is 169 Å². The molecule has 2 nitrogen and oxygen atoms in total. The predicted octanol–water partition coefficient (Wildman–Crippen LogP) is 12.8. The number of benzene rings is 7. The molecular formula is C56H46N2Si. The number of fused-ring (bicyclic) bond motifs is 7. The van der Waals surface area contributed by atoms with E-state index in [9.17, 15) is 0 Å². The summed E-state index contributed by atoms with van der Waals surface area (Å²) in [6, 6.07) is 59.1.